The van der Waals surface area contributed by atoms with E-state index in [4.69, 9.17) is 4.74 Å². The number of carbonyl (C=O) groups excluding carboxylic acids is 2. The molecule has 3 aromatic carbocycles. The summed E-state index contributed by atoms with van der Waals surface area (Å²) < 4.78 is 5.48. The van der Waals surface area contributed by atoms with Crippen molar-refractivity contribution in [3.05, 3.63) is 94.2 Å². The van der Waals surface area contributed by atoms with Gasteiger partial charge in [-0.05, 0) is 79.3 Å². The molecular weight excluding hydrogens is 412 g/mol. The van der Waals surface area contributed by atoms with Crippen LogP contribution >= 0.6 is 0 Å². The van der Waals surface area contributed by atoms with Gasteiger partial charge in [-0.1, -0.05) is 43.3 Å². The molecule has 1 aliphatic rings. The number of methoxy groups -OCH3 is 1. The quantitative estimate of drug-likeness (QED) is 0.509. The van der Waals surface area contributed by atoms with E-state index in [2.05, 4.69) is 12.2 Å². The summed E-state index contributed by atoms with van der Waals surface area (Å²) in [6.07, 6.45) is 0.926. The minimum absolute atomic E-state index is 0.260. The third kappa shape index (κ3) is 4.14. The molecule has 1 aliphatic heterocycles. The molecular formula is C28H28N2O3. The normalized spacial score (nSPS) is 13.7. The van der Waals surface area contributed by atoms with Crippen molar-refractivity contribution in [2.45, 2.75) is 34.1 Å². The second kappa shape index (κ2) is 8.94. The van der Waals surface area contributed by atoms with Crippen molar-refractivity contribution >= 4 is 28.8 Å². The van der Waals surface area contributed by atoms with Crippen LogP contribution in [-0.2, 0) is 16.0 Å². The second-order valence-electron chi connectivity index (χ2n) is 8.35. The van der Waals surface area contributed by atoms with Gasteiger partial charge in [-0.25, -0.2) is 4.90 Å². The topological polar surface area (TPSA) is 58.6 Å². The van der Waals surface area contributed by atoms with E-state index >= 15 is 0 Å². The van der Waals surface area contributed by atoms with E-state index in [0.29, 0.717) is 22.6 Å². The van der Waals surface area contributed by atoms with Crippen LogP contribution in [-0.4, -0.2) is 18.9 Å². The van der Waals surface area contributed by atoms with E-state index in [1.54, 1.807) is 12.1 Å². The first-order valence-corrected chi connectivity index (χ1v) is 11.0. The molecule has 2 amide bonds. The van der Waals surface area contributed by atoms with Crippen LogP contribution in [0, 0.1) is 20.8 Å². The number of imide groups is 1. The van der Waals surface area contributed by atoms with Crippen molar-refractivity contribution in [2.24, 2.45) is 0 Å². The zero-order valence-corrected chi connectivity index (χ0v) is 19.7. The number of anilines is 2. The molecule has 0 aliphatic carbocycles. The molecule has 33 heavy (non-hydrogen) atoms. The predicted molar refractivity (Wildman–Crippen MR) is 133 cm³/mol. The van der Waals surface area contributed by atoms with Crippen LogP contribution in [0.4, 0.5) is 11.4 Å². The van der Waals surface area contributed by atoms with Crippen molar-refractivity contribution in [1.82, 2.24) is 0 Å². The largest absolute Gasteiger partial charge is 0.495 e. The Balaban J connectivity index is 1.85. The molecule has 0 unspecified atom stereocenters. The number of aryl methyl sites for hydroxylation is 4. The zero-order chi connectivity index (χ0) is 23.7. The minimum Gasteiger partial charge on any atom is -0.495 e. The van der Waals surface area contributed by atoms with E-state index < -0.39 is 5.91 Å². The van der Waals surface area contributed by atoms with Gasteiger partial charge in [0, 0.05) is 5.69 Å². The molecule has 3 aromatic rings. The Morgan fingerprint density at radius 3 is 2.21 bits per heavy atom. The van der Waals surface area contributed by atoms with Gasteiger partial charge >= 0.3 is 0 Å². The number of nitrogens with zero attached hydrogens (tertiary/aromatic N) is 1. The molecule has 0 radical (unpaired) electrons. The first kappa shape index (κ1) is 22.3. The van der Waals surface area contributed by atoms with Crippen molar-refractivity contribution in [3.8, 4) is 5.75 Å². The molecule has 168 valence electrons. The van der Waals surface area contributed by atoms with Gasteiger partial charge in [0.25, 0.3) is 11.8 Å². The Morgan fingerprint density at radius 2 is 1.58 bits per heavy atom. The Morgan fingerprint density at radius 1 is 0.848 bits per heavy atom. The highest BCUT2D eigenvalue weighted by Gasteiger charge is 2.41. The van der Waals surface area contributed by atoms with Gasteiger partial charge in [-0.2, -0.15) is 0 Å². The monoisotopic (exact) mass is 440 g/mol. The van der Waals surface area contributed by atoms with Crippen LogP contribution in [0.15, 0.2) is 66.4 Å². The molecule has 0 saturated heterocycles. The van der Waals surface area contributed by atoms with E-state index in [1.807, 2.05) is 69.3 Å². The summed E-state index contributed by atoms with van der Waals surface area (Å²) in [5.74, 6) is -0.313. The van der Waals surface area contributed by atoms with Gasteiger partial charge in [0.1, 0.15) is 11.4 Å². The standard InChI is InChI=1S/C28H28N2O3/c1-6-20-9-12-22(13-10-20)29-26-25(21-11-8-18(3)19(4)16-21)27(31)30(28(26)32)23-15-17(2)7-14-24(23)33-5/h7-16,29H,6H2,1-5H3. The maximum atomic E-state index is 13.7. The van der Waals surface area contributed by atoms with Crippen LogP contribution in [0.5, 0.6) is 5.75 Å². The van der Waals surface area contributed by atoms with Crippen molar-refractivity contribution in [3.63, 3.8) is 0 Å². The number of ether oxygens (including phenoxy) is 1. The number of hydrogen-bond acceptors (Lipinski definition) is 4. The van der Waals surface area contributed by atoms with E-state index in [0.717, 1.165) is 28.8 Å². The van der Waals surface area contributed by atoms with E-state index in [9.17, 15) is 9.59 Å². The third-order valence-electron chi connectivity index (χ3n) is 6.09. The van der Waals surface area contributed by atoms with Crippen LogP contribution in [0.1, 0.15) is 34.7 Å². The van der Waals surface area contributed by atoms with E-state index in [-0.39, 0.29) is 11.6 Å². The lowest BCUT2D eigenvalue weighted by molar-refractivity contribution is -0.120. The van der Waals surface area contributed by atoms with Crippen molar-refractivity contribution in [2.75, 3.05) is 17.3 Å². The van der Waals surface area contributed by atoms with Crippen molar-refractivity contribution in [1.29, 1.82) is 0 Å². The lowest BCUT2D eigenvalue weighted by atomic mass is 9.99. The molecule has 5 nitrogen and oxygen atoms in total. The summed E-state index contributed by atoms with van der Waals surface area (Å²) in [5, 5.41) is 3.23. The lowest BCUT2D eigenvalue weighted by Crippen LogP contribution is -2.32. The van der Waals surface area contributed by atoms with E-state index in [1.165, 1.54) is 17.6 Å². The highest BCUT2D eigenvalue weighted by Crippen LogP contribution is 2.38. The van der Waals surface area contributed by atoms with Gasteiger partial charge in [-0.15, -0.1) is 0 Å². The highest BCUT2D eigenvalue weighted by molar-refractivity contribution is 6.46. The molecule has 0 saturated carbocycles. The smallest absolute Gasteiger partial charge is 0.282 e. The number of nitrogens with one attached hydrogen (secondary N) is 1. The minimum atomic E-state index is -0.406. The highest BCUT2D eigenvalue weighted by atomic mass is 16.5. The maximum Gasteiger partial charge on any atom is 0.282 e. The summed E-state index contributed by atoms with van der Waals surface area (Å²) in [4.78, 5) is 28.6. The Hall–Kier alpha value is -3.86. The average Bonchev–Trinajstić information content (AvgIpc) is 3.05. The summed E-state index contributed by atoms with van der Waals surface area (Å²) >= 11 is 0. The molecule has 0 fully saturated rings. The molecule has 1 heterocycles. The molecule has 0 aromatic heterocycles. The fourth-order valence-corrected chi connectivity index (χ4v) is 3.97. The summed E-state index contributed by atoms with van der Waals surface area (Å²) in [6.45, 7) is 8.03. The van der Waals surface area contributed by atoms with Gasteiger partial charge < -0.3 is 10.1 Å². The predicted octanol–water partition coefficient (Wildman–Crippen LogP) is 5.58. The first-order chi connectivity index (χ1) is 15.8. The Labute approximate surface area is 194 Å². The molecule has 0 bridgehead atoms. The maximum absolute atomic E-state index is 13.7. The fourth-order valence-electron chi connectivity index (χ4n) is 3.97. The van der Waals surface area contributed by atoms with Gasteiger partial charge in [-0.3, -0.25) is 9.59 Å². The molecule has 5 heteroatoms. The van der Waals surface area contributed by atoms with Crippen LogP contribution in [0.25, 0.3) is 5.57 Å². The number of hydrogen-bond donors (Lipinski definition) is 1. The first-order valence-electron chi connectivity index (χ1n) is 11.0. The van der Waals surface area contributed by atoms with Gasteiger partial charge in [0.2, 0.25) is 0 Å². The summed E-state index contributed by atoms with van der Waals surface area (Å²) in [6, 6.07) is 19.2. The van der Waals surface area contributed by atoms with Crippen LogP contribution < -0.4 is 15.0 Å². The van der Waals surface area contributed by atoms with Gasteiger partial charge in [0.15, 0.2) is 0 Å². The fraction of sp³-hybridized carbons (Fsp3) is 0.214. The number of amides is 2. The van der Waals surface area contributed by atoms with Crippen LogP contribution in [0.3, 0.4) is 0 Å². The average molecular weight is 441 g/mol. The molecule has 1 N–H and O–H groups in total. The van der Waals surface area contributed by atoms with Crippen molar-refractivity contribution < 1.29 is 14.3 Å². The summed E-state index contributed by atoms with van der Waals surface area (Å²) in [7, 11) is 1.53. The molecule has 0 atom stereocenters. The summed E-state index contributed by atoms with van der Waals surface area (Å²) in [5.41, 5.74) is 6.81. The number of rotatable bonds is 6. The third-order valence-corrected chi connectivity index (χ3v) is 6.09. The lowest BCUT2D eigenvalue weighted by Gasteiger charge is -2.19. The van der Waals surface area contributed by atoms with Crippen LogP contribution in [0.2, 0.25) is 0 Å². The SMILES string of the molecule is CCc1ccc(NC2=C(c3ccc(C)c(C)c3)C(=O)N(c3cc(C)ccc3OC)C2=O)cc1. The zero-order valence-electron chi connectivity index (χ0n) is 19.7. The molecule has 0 spiro atoms. The van der Waals surface area contributed by atoms with Gasteiger partial charge in [0.05, 0.1) is 18.4 Å². The number of carbonyl (C=O) groups is 2. The molecule has 4 rings (SSSR count). The second-order valence-corrected chi connectivity index (χ2v) is 8.35. The Bertz CT molecular complexity index is 1270. The Kier molecular flexibility index (Phi) is 6.05. The number of benzene rings is 3.